The van der Waals surface area contributed by atoms with E-state index in [4.69, 9.17) is 5.73 Å². The monoisotopic (exact) mass is 339 g/mol. The van der Waals surface area contributed by atoms with Crippen LogP contribution in [0.15, 0.2) is 36.4 Å². The third-order valence-corrected chi connectivity index (χ3v) is 4.40. The van der Waals surface area contributed by atoms with Crippen LogP contribution in [-0.4, -0.2) is 41.8 Å². The van der Waals surface area contributed by atoms with Gasteiger partial charge in [0.25, 0.3) is 11.8 Å². The summed E-state index contributed by atoms with van der Waals surface area (Å²) in [4.78, 5) is 38.5. The van der Waals surface area contributed by atoms with Gasteiger partial charge in [-0.15, -0.1) is 0 Å². The predicted molar refractivity (Wildman–Crippen MR) is 95.2 cm³/mol. The minimum absolute atomic E-state index is 0.0877. The Kier molecular flexibility index (Phi) is 4.81. The van der Waals surface area contributed by atoms with Gasteiger partial charge >= 0.3 is 0 Å². The molecule has 1 aliphatic rings. The molecule has 0 fully saturated rings. The van der Waals surface area contributed by atoms with Gasteiger partial charge < -0.3 is 11.1 Å². The van der Waals surface area contributed by atoms with Crippen LogP contribution in [0.5, 0.6) is 0 Å². The molecular weight excluding hydrogens is 318 g/mol. The normalized spacial score (nSPS) is 14.7. The van der Waals surface area contributed by atoms with E-state index in [0.717, 1.165) is 5.39 Å². The van der Waals surface area contributed by atoms with Crippen LogP contribution in [-0.2, 0) is 4.79 Å². The average molecular weight is 339 g/mol. The molecule has 1 heterocycles. The van der Waals surface area contributed by atoms with Crippen LogP contribution in [0.4, 0.5) is 0 Å². The molecule has 1 atom stereocenters. The zero-order valence-electron chi connectivity index (χ0n) is 14.1. The van der Waals surface area contributed by atoms with Crippen molar-refractivity contribution < 1.29 is 14.4 Å². The SMILES string of the molecule is C[C@@H](CN)NC(=O)CCCN1C(=O)c2cccc3cccc(c23)C1=O. The van der Waals surface area contributed by atoms with E-state index in [1.54, 1.807) is 12.1 Å². The number of hydrogen-bond acceptors (Lipinski definition) is 4. The van der Waals surface area contributed by atoms with E-state index in [1.165, 1.54) is 4.90 Å². The van der Waals surface area contributed by atoms with Crippen molar-refractivity contribution >= 4 is 28.5 Å². The number of carbonyl (C=O) groups excluding carboxylic acids is 3. The standard InChI is InChI=1S/C19H21N3O3/c1-12(11-20)21-16(23)9-4-10-22-18(24)14-7-2-5-13-6-3-8-15(17(13)14)19(22)25/h2-3,5-8,12H,4,9-11,20H2,1H3,(H,21,23)/t12-/m0/s1. The van der Waals surface area contributed by atoms with Gasteiger partial charge in [-0.2, -0.15) is 0 Å². The summed E-state index contributed by atoms with van der Waals surface area (Å²) >= 11 is 0. The molecule has 6 nitrogen and oxygen atoms in total. The first-order chi connectivity index (χ1) is 12.0. The highest BCUT2D eigenvalue weighted by Gasteiger charge is 2.32. The number of carbonyl (C=O) groups is 3. The molecular formula is C19H21N3O3. The lowest BCUT2D eigenvalue weighted by atomic mass is 9.94. The molecule has 3 amide bonds. The highest BCUT2D eigenvalue weighted by molar-refractivity contribution is 6.25. The molecule has 0 spiro atoms. The fourth-order valence-corrected chi connectivity index (χ4v) is 3.09. The summed E-state index contributed by atoms with van der Waals surface area (Å²) in [7, 11) is 0. The Morgan fingerprint density at radius 1 is 1.12 bits per heavy atom. The summed E-state index contributed by atoms with van der Waals surface area (Å²) < 4.78 is 0. The summed E-state index contributed by atoms with van der Waals surface area (Å²) in [6.07, 6.45) is 0.659. The maximum Gasteiger partial charge on any atom is 0.261 e. The summed E-state index contributed by atoms with van der Waals surface area (Å²) in [5.74, 6) is -0.729. The van der Waals surface area contributed by atoms with E-state index in [0.29, 0.717) is 29.5 Å². The molecule has 0 aromatic heterocycles. The first-order valence-electron chi connectivity index (χ1n) is 8.40. The number of amides is 3. The molecule has 0 bridgehead atoms. The van der Waals surface area contributed by atoms with Crippen molar-refractivity contribution in [1.29, 1.82) is 0 Å². The third kappa shape index (κ3) is 3.25. The Hall–Kier alpha value is -2.73. The van der Waals surface area contributed by atoms with Crippen molar-refractivity contribution in [2.75, 3.05) is 13.1 Å². The number of hydrogen-bond donors (Lipinski definition) is 2. The smallest absolute Gasteiger partial charge is 0.261 e. The van der Waals surface area contributed by atoms with Gasteiger partial charge in [0.1, 0.15) is 0 Å². The molecule has 0 radical (unpaired) electrons. The van der Waals surface area contributed by atoms with Gasteiger partial charge in [-0.1, -0.05) is 24.3 Å². The van der Waals surface area contributed by atoms with Crippen LogP contribution in [0.25, 0.3) is 10.8 Å². The van der Waals surface area contributed by atoms with Gasteiger partial charge in [0, 0.05) is 42.1 Å². The van der Waals surface area contributed by atoms with Gasteiger partial charge in [0.15, 0.2) is 0 Å². The quantitative estimate of drug-likeness (QED) is 0.783. The molecule has 130 valence electrons. The Bertz CT molecular complexity index is 796. The zero-order chi connectivity index (χ0) is 18.0. The van der Waals surface area contributed by atoms with Crippen molar-refractivity contribution in [2.24, 2.45) is 5.73 Å². The molecule has 6 heteroatoms. The number of nitrogens with two attached hydrogens (primary N) is 1. The maximum atomic E-state index is 12.7. The van der Waals surface area contributed by atoms with Crippen LogP contribution in [0.3, 0.4) is 0 Å². The summed E-state index contributed by atoms with van der Waals surface area (Å²) in [6.45, 7) is 2.41. The molecule has 0 unspecified atom stereocenters. The van der Waals surface area contributed by atoms with Gasteiger partial charge in [0.2, 0.25) is 5.91 Å². The van der Waals surface area contributed by atoms with Gasteiger partial charge in [-0.05, 0) is 30.9 Å². The van der Waals surface area contributed by atoms with E-state index in [9.17, 15) is 14.4 Å². The number of imide groups is 1. The predicted octanol–water partition coefficient (Wildman–Crippen LogP) is 1.68. The lowest BCUT2D eigenvalue weighted by Gasteiger charge is -2.27. The Balaban J connectivity index is 1.73. The molecule has 3 rings (SSSR count). The first-order valence-corrected chi connectivity index (χ1v) is 8.40. The Labute approximate surface area is 146 Å². The number of nitrogens with zero attached hydrogens (tertiary/aromatic N) is 1. The third-order valence-electron chi connectivity index (χ3n) is 4.40. The minimum Gasteiger partial charge on any atom is -0.352 e. The number of nitrogens with one attached hydrogen (secondary N) is 1. The van der Waals surface area contributed by atoms with Gasteiger partial charge in [-0.25, -0.2) is 0 Å². The van der Waals surface area contributed by atoms with E-state index in [-0.39, 0.29) is 36.7 Å². The Morgan fingerprint density at radius 3 is 2.28 bits per heavy atom. The molecule has 3 N–H and O–H groups in total. The van der Waals surface area contributed by atoms with Crippen molar-refractivity contribution in [3.05, 3.63) is 47.5 Å². The van der Waals surface area contributed by atoms with Crippen molar-refractivity contribution in [3.8, 4) is 0 Å². The van der Waals surface area contributed by atoms with Crippen LogP contribution in [0.1, 0.15) is 40.5 Å². The highest BCUT2D eigenvalue weighted by Crippen LogP contribution is 2.29. The van der Waals surface area contributed by atoms with E-state index in [2.05, 4.69) is 5.32 Å². The molecule has 1 aliphatic heterocycles. The van der Waals surface area contributed by atoms with Crippen LogP contribution in [0.2, 0.25) is 0 Å². The van der Waals surface area contributed by atoms with Crippen LogP contribution < -0.4 is 11.1 Å². The van der Waals surface area contributed by atoms with E-state index in [1.807, 2.05) is 31.2 Å². The van der Waals surface area contributed by atoms with E-state index >= 15 is 0 Å². The largest absolute Gasteiger partial charge is 0.352 e. The van der Waals surface area contributed by atoms with Crippen molar-refractivity contribution in [1.82, 2.24) is 10.2 Å². The summed E-state index contributed by atoms with van der Waals surface area (Å²) in [6, 6.07) is 10.8. The lowest BCUT2D eigenvalue weighted by molar-refractivity contribution is -0.121. The second-order valence-corrected chi connectivity index (χ2v) is 6.28. The average Bonchev–Trinajstić information content (AvgIpc) is 2.62. The topological polar surface area (TPSA) is 92.5 Å². The highest BCUT2D eigenvalue weighted by atomic mass is 16.2. The first kappa shape index (κ1) is 17.1. The van der Waals surface area contributed by atoms with E-state index < -0.39 is 0 Å². The lowest BCUT2D eigenvalue weighted by Crippen LogP contribution is -2.42. The molecule has 2 aromatic carbocycles. The summed E-state index contributed by atoms with van der Waals surface area (Å²) in [5.41, 5.74) is 6.54. The molecule has 25 heavy (non-hydrogen) atoms. The van der Waals surface area contributed by atoms with Crippen molar-refractivity contribution in [2.45, 2.75) is 25.8 Å². The molecule has 0 aliphatic carbocycles. The molecule has 2 aromatic rings. The van der Waals surface area contributed by atoms with Gasteiger partial charge in [0.05, 0.1) is 0 Å². The Morgan fingerprint density at radius 2 is 1.72 bits per heavy atom. The van der Waals surface area contributed by atoms with Gasteiger partial charge in [-0.3, -0.25) is 19.3 Å². The maximum absolute atomic E-state index is 12.7. The minimum atomic E-state index is -0.301. The molecule has 0 saturated heterocycles. The fourth-order valence-electron chi connectivity index (χ4n) is 3.09. The van der Waals surface area contributed by atoms with Crippen LogP contribution in [0, 0.1) is 0 Å². The number of benzene rings is 2. The second-order valence-electron chi connectivity index (χ2n) is 6.28. The second kappa shape index (κ2) is 7.03. The van der Waals surface area contributed by atoms with Crippen molar-refractivity contribution in [3.63, 3.8) is 0 Å². The van der Waals surface area contributed by atoms with Crippen LogP contribution >= 0.6 is 0 Å². The fraction of sp³-hybridized carbons (Fsp3) is 0.316. The number of rotatable bonds is 6. The summed E-state index contributed by atoms with van der Waals surface area (Å²) in [5, 5.41) is 4.36. The molecule has 0 saturated carbocycles. The zero-order valence-corrected chi connectivity index (χ0v) is 14.1.